The minimum Gasteiger partial charge on any atom is -0.395 e. The molecule has 1 fully saturated rings. The number of hydrogen-bond acceptors (Lipinski definition) is 5. The van der Waals surface area contributed by atoms with Gasteiger partial charge in [-0.3, -0.25) is 0 Å². The van der Waals surface area contributed by atoms with E-state index in [1.807, 2.05) is 24.3 Å². The van der Waals surface area contributed by atoms with Crippen LogP contribution in [0.2, 0.25) is 0 Å². The molecule has 1 aromatic carbocycles. The quantitative estimate of drug-likeness (QED) is 0.844. The molecule has 3 rings (SSSR count). The van der Waals surface area contributed by atoms with Gasteiger partial charge in [-0.05, 0) is 25.0 Å². The van der Waals surface area contributed by atoms with E-state index in [0.29, 0.717) is 12.6 Å². The van der Waals surface area contributed by atoms with Crippen LogP contribution >= 0.6 is 0 Å². The first kappa shape index (κ1) is 11.2. The van der Waals surface area contributed by atoms with Gasteiger partial charge in [-0.2, -0.15) is 4.98 Å². The molecule has 0 radical (unpaired) electrons. The van der Waals surface area contributed by atoms with Gasteiger partial charge in [-0.25, -0.2) is 4.98 Å². The molecule has 1 saturated carbocycles. The standard InChI is InChI=1S/C13H16N4O/c14-13-15-11-4-2-1-3-10(11)12(16-13)17(7-8-18)9-5-6-9/h1-4,9,18H,5-8H2,(H2,14,15,16). The first-order valence-electron chi connectivity index (χ1n) is 6.19. The molecule has 0 spiro atoms. The summed E-state index contributed by atoms with van der Waals surface area (Å²) < 4.78 is 0. The van der Waals surface area contributed by atoms with E-state index in [4.69, 9.17) is 5.73 Å². The Bertz CT molecular complexity index is 568. The van der Waals surface area contributed by atoms with Crippen LogP contribution in [0.3, 0.4) is 0 Å². The van der Waals surface area contributed by atoms with E-state index in [9.17, 15) is 5.11 Å². The predicted molar refractivity (Wildman–Crippen MR) is 71.4 cm³/mol. The Morgan fingerprint density at radius 1 is 1.28 bits per heavy atom. The van der Waals surface area contributed by atoms with E-state index in [2.05, 4.69) is 14.9 Å². The van der Waals surface area contributed by atoms with Crippen molar-refractivity contribution in [2.45, 2.75) is 18.9 Å². The van der Waals surface area contributed by atoms with Gasteiger partial charge < -0.3 is 15.7 Å². The van der Waals surface area contributed by atoms with Crippen molar-refractivity contribution in [1.82, 2.24) is 9.97 Å². The summed E-state index contributed by atoms with van der Waals surface area (Å²) in [6.45, 7) is 0.708. The van der Waals surface area contributed by atoms with Gasteiger partial charge in [0.05, 0.1) is 12.1 Å². The van der Waals surface area contributed by atoms with Gasteiger partial charge in [0.15, 0.2) is 0 Å². The highest BCUT2D eigenvalue weighted by Crippen LogP contribution is 2.34. The molecule has 2 aromatic rings. The molecule has 0 unspecified atom stereocenters. The summed E-state index contributed by atoms with van der Waals surface area (Å²) in [6, 6.07) is 8.31. The second kappa shape index (κ2) is 4.42. The Balaban J connectivity index is 2.13. The largest absolute Gasteiger partial charge is 0.395 e. The van der Waals surface area contributed by atoms with E-state index in [1.54, 1.807) is 0 Å². The number of fused-ring (bicyclic) bond motifs is 1. The molecule has 1 aliphatic rings. The third-order valence-corrected chi connectivity index (χ3v) is 3.20. The lowest BCUT2D eigenvalue weighted by Gasteiger charge is -2.23. The van der Waals surface area contributed by atoms with Gasteiger partial charge in [-0.1, -0.05) is 12.1 Å². The summed E-state index contributed by atoms with van der Waals surface area (Å²) >= 11 is 0. The maximum Gasteiger partial charge on any atom is 0.222 e. The Kier molecular flexibility index (Phi) is 2.76. The highest BCUT2D eigenvalue weighted by molar-refractivity contribution is 5.90. The SMILES string of the molecule is Nc1nc(N(CCO)C2CC2)c2ccccc2n1. The van der Waals surface area contributed by atoms with Crippen molar-refractivity contribution in [3.63, 3.8) is 0 Å². The van der Waals surface area contributed by atoms with E-state index >= 15 is 0 Å². The molecule has 1 heterocycles. The highest BCUT2D eigenvalue weighted by Gasteiger charge is 2.30. The zero-order chi connectivity index (χ0) is 12.5. The van der Waals surface area contributed by atoms with Crippen LogP contribution in [0.25, 0.3) is 10.9 Å². The van der Waals surface area contributed by atoms with Crippen LogP contribution in [0.5, 0.6) is 0 Å². The fourth-order valence-electron chi connectivity index (χ4n) is 2.25. The fourth-order valence-corrected chi connectivity index (χ4v) is 2.25. The lowest BCUT2D eigenvalue weighted by Crippen LogP contribution is -2.30. The number of hydrogen-bond donors (Lipinski definition) is 2. The summed E-state index contributed by atoms with van der Waals surface area (Å²) in [4.78, 5) is 10.7. The molecule has 5 heteroatoms. The first-order valence-corrected chi connectivity index (χ1v) is 6.19. The number of aliphatic hydroxyl groups excluding tert-OH is 1. The van der Waals surface area contributed by atoms with Crippen molar-refractivity contribution in [2.24, 2.45) is 0 Å². The maximum atomic E-state index is 9.20. The zero-order valence-electron chi connectivity index (χ0n) is 10.1. The van der Waals surface area contributed by atoms with E-state index in [-0.39, 0.29) is 12.6 Å². The molecular weight excluding hydrogens is 228 g/mol. The third-order valence-electron chi connectivity index (χ3n) is 3.20. The number of para-hydroxylation sites is 1. The normalized spacial score (nSPS) is 14.9. The Hall–Kier alpha value is -1.88. The summed E-state index contributed by atoms with van der Waals surface area (Å²) in [6.07, 6.45) is 2.30. The van der Waals surface area contributed by atoms with E-state index in [1.165, 1.54) is 0 Å². The molecular formula is C13H16N4O. The second-order valence-corrected chi connectivity index (χ2v) is 4.57. The van der Waals surface area contributed by atoms with Crippen LogP contribution in [0.15, 0.2) is 24.3 Å². The fraction of sp³-hybridized carbons (Fsp3) is 0.385. The lowest BCUT2D eigenvalue weighted by atomic mass is 10.2. The van der Waals surface area contributed by atoms with Crippen LogP contribution in [0.1, 0.15) is 12.8 Å². The van der Waals surface area contributed by atoms with Gasteiger partial charge in [-0.15, -0.1) is 0 Å². The van der Waals surface area contributed by atoms with Gasteiger partial charge in [0.1, 0.15) is 5.82 Å². The summed E-state index contributed by atoms with van der Waals surface area (Å²) in [5.41, 5.74) is 6.62. The molecule has 5 nitrogen and oxygen atoms in total. The molecule has 1 aromatic heterocycles. The molecule has 0 saturated heterocycles. The average molecular weight is 244 g/mol. The second-order valence-electron chi connectivity index (χ2n) is 4.57. The summed E-state index contributed by atoms with van der Waals surface area (Å²) in [5.74, 6) is 1.13. The summed E-state index contributed by atoms with van der Waals surface area (Å²) in [5, 5.41) is 10.2. The third kappa shape index (κ3) is 1.97. The molecule has 0 aliphatic heterocycles. The van der Waals surface area contributed by atoms with Gasteiger partial charge in [0, 0.05) is 18.0 Å². The van der Waals surface area contributed by atoms with Crippen molar-refractivity contribution in [1.29, 1.82) is 0 Å². The summed E-state index contributed by atoms with van der Waals surface area (Å²) in [7, 11) is 0. The van der Waals surface area contributed by atoms with E-state index < -0.39 is 0 Å². The van der Waals surface area contributed by atoms with Crippen molar-refractivity contribution in [3.8, 4) is 0 Å². The predicted octanol–water partition coefficient (Wildman–Crippen LogP) is 1.17. The molecule has 0 bridgehead atoms. The van der Waals surface area contributed by atoms with Crippen molar-refractivity contribution in [3.05, 3.63) is 24.3 Å². The number of nitrogens with two attached hydrogens (primary N) is 1. The number of rotatable bonds is 4. The number of nitrogens with zero attached hydrogens (tertiary/aromatic N) is 3. The Labute approximate surface area is 105 Å². The minimum absolute atomic E-state index is 0.120. The Morgan fingerprint density at radius 2 is 2.06 bits per heavy atom. The molecule has 0 atom stereocenters. The van der Waals surface area contributed by atoms with Gasteiger partial charge >= 0.3 is 0 Å². The number of nitrogen functional groups attached to an aromatic ring is 1. The zero-order valence-corrected chi connectivity index (χ0v) is 10.1. The number of benzene rings is 1. The van der Waals surface area contributed by atoms with Crippen LogP contribution in [0, 0.1) is 0 Å². The number of aromatic nitrogens is 2. The van der Waals surface area contributed by atoms with Crippen molar-refractivity contribution < 1.29 is 5.11 Å². The van der Waals surface area contributed by atoms with Crippen LogP contribution in [-0.4, -0.2) is 34.3 Å². The molecule has 18 heavy (non-hydrogen) atoms. The minimum atomic E-state index is 0.120. The average Bonchev–Trinajstić information content (AvgIpc) is 3.19. The number of aliphatic hydroxyl groups is 1. The van der Waals surface area contributed by atoms with Crippen LogP contribution in [0.4, 0.5) is 11.8 Å². The molecule has 3 N–H and O–H groups in total. The molecule has 0 amide bonds. The maximum absolute atomic E-state index is 9.20. The van der Waals surface area contributed by atoms with Crippen molar-refractivity contribution >= 4 is 22.7 Å². The monoisotopic (exact) mass is 244 g/mol. The topological polar surface area (TPSA) is 75.3 Å². The van der Waals surface area contributed by atoms with Gasteiger partial charge in [0.2, 0.25) is 5.95 Å². The van der Waals surface area contributed by atoms with Crippen molar-refractivity contribution in [2.75, 3.05) is 23.8 Å². The van der Waals surface area contributed by atoms with Gasteiger partial charge in [0.25, 0.3) is 0 Å². The van der Waals surface area contributed by atoms with E-state index in [0.717, 1.165) is 29.6 Å². The molecule has 1 aliphatic carbocycles. The smallest absolute Gasteiger partial charge is 0.222 e. The number of anilines is 2. The molecule has 94 valence electrons. The highest BCUT2D eigenvalue weighted by atomic mass is 16.3. The van der Waals surface area contributed by atoms with Crippen LogP contribution in [-0.2, 0) is 0 Å². The lowest BCUT2D eigenvalue weighted by molar-refractivity contribution is 0.301. The first-order chi connectivity index (χ1) is 8.79. The van der Waals surface area contributed by atoms with Crippen LogP contribution < -0.4 is 10.6 Å². The Morgan fingerprint density at radius 3 is 2.78 bits per heavy atom.